The minimum absolute atomic E-state index is 0.114. The number of aromatic amines is 1. The molecule has 1 amide bonds. The van der Waals surface area contributed by atoms with E-state index in [2.05, 4.69) is 15.3 Å². The molecule has 0 fully saturated rings. The lowest BCUT2D eigenvalue weighted by atomic mass is 10.1. The van der Waals surface area contributed by atoms with E-state index < -0.39 is 24.0 Å². The molecule has 110 valence electrons. The van der Waals surface area contributed by atoms with E-state index in [1.54, 1.807) is 24.3 Å². The highest BCUT2D eigenvalue weighted by Gasteiger charge is 2.24. The molecule has 0 aliphatic heterocycles. The third kappa shape index (κ3) is 3.90. The van der Waals surface area contributed by atoms with Gasteiger partial charge in [0.05, 0.1) is 6.33 Å². The minimum atomic E-state index is -1.13. The topological polar surface area (TPSA) is 121 Å². The molecule has 21 heavy (non-hydrogen) atoms. The number of carboxylic acids is 1. The molecule has 7 nitrogen and oxygen atoms in total. The summed E-state index contributed by atoms with van der Waals surface area (Å²) in [4.78, 5) is 29.9. The van der Waals surface area contributed by atoms with Gasteiger partial charge in [0.15, 0.2) is 0 Å². The zero-order valence-corrected chi connectivity index (χ0v) is 11.2. The number of carbonyl (C=O) groups is 2. The second-order valence-electron chi connectivity index (χ2n) is 4.57. The van der Waals surface area contributed by atoms with E-state index in [0.29, 0.717) is 11.3 Å². The van der Waals surface area contributed by atoms with Crippen molar-refractivity contribution in [1.29, 1.82) is 0 Å². The van der Waals surface area contributed by atoms with Crippen molar-refractivity contribution < 1.29 is 14.7 Å². The number of aromatic nitrogens is 2. The Morgan fingerprint density at radius 3 is 2.62 bits per heavy atom. The average Bonchev–Trinajstić information content (AvgIpc) is 2.99. The fraction of sp³-hybridized carbons (Fsp3) is 0.214. The van der Waals surface area contributed by atoms with Gasteiger partial charge in [-0.15, -0.1) is 0 Å². The standard InChI is InChI=1S/C14H16N4O3/c15-12(9-4-2-1-3-5-9)13(19)18-11(14(20)21)6-10-7-16-8-17-10/h1-5,7-8,11-12H,6,15H2,(H,16,17)(H,18,19)(H,20,21)/t11-,12?/m0/s1. The summed E-state index contributed by atoms with van der Waals surface area (Å²) < 4.78 is 0. The molecule has 5 N–H and O–H groups in total. The van der Waals surface area contributed by atoms with Crippen LogP contribution in [0.5, 0.6) is 0 Å². The maximum Gasteiger partial charge on any atom is 0.326 e. The highest BCUT2D eigenvalue weighted by atomic mass is 16.4. The fourth-order valence-electron chi connectivity index (χ4n) is 1.89. The number of amides is 1. The molecular formula is C14H16N4O3. The van der Waals surface area contributed by atoms with Gasteiger partial charge in [0, 0.05) is 18.3 Å². The summed E-state index contributed by atoms with van der Waals surface area (Å²) in [5.74, 6) is -1.66. The summed E-state index contributed by atoms with van der Waals surface area (Å²) in [6.45, 7) is 0. The van der Waals surface area contributed by atoms with E-state index >= 15 is 0 Å². The summed E-state index contributed by atoms with van der Waals surface area (Å²) in [5.41, 5.74) is 7.08. The van der Waals surface area contributed by atoms with Gasteiger partial charge in [0.25, 0.3) is 0 Å². The Balaban J connectivity index is 2.03. The Kier molecular flexibility index (Phi) is 4.68. The molecule has 0 bridgehead atoms. The van der Waals surface area contributed by atoms with Crippen molar-refractivity contribution in [2.45, 2.75) is 18.5 Å². The minimum Gasteiger partial charge on any atom is -0.480 e. The smallest absolute Gasteiger partial charge is 0.326 e. The van der Waals surface area contributed by atoms with Crippen LogP contribution in [0.3, 0.4) is 0 Å². The molecule has 0 saturated heterocycles. The number of imidazole rings is 1. The summed E-state index contributed by atoms with van der Waals surface area (Å²) in [6.07, 6.45) is 3.08. The lowest BCUT2D eigenvalue weighted by Gasteiger charge is -2.17. The molecule has 1 aromatic heterocycles. The molecule has 0 saturated carbocycles. The molecule has 1 heterocycles. The first kappa shape index (κ1) is 14.7. The van der Waals surface area contributed by atoms with Crippen molar-refractivity contribution in [1.82, 2.24) is 15.3 Å². The number of hydrogen-bond donors (Lipinski definition) is 4. The van der Waals surface area contributed by atoms with Gasteiger partial charge in [-0.25, -0.2) is 9.78 Å². The molecule has 2 atom stereocenters. The van der Waals surface area contributed by atoms with Crippen LogP contribution in [0.15, 0.2) is 42.9 Å². The molecule has 2 aromatic rings. The predicted molar refractivity (Wildman–Crippen MR) is 75.2 cm³/mol. The Labute approximate surface area is 121 Å². The van der Waals surface area contributed by atoms with Gasteiger partial charge in [-0.1, -0.05) is 30.3 Å². The average molecular weight is 288 g/mol. The van der Waals surface area contributed by atoms with Crippen LogP contribution in [0.2, 0.25) is 0 Å². The highest BCUT2D eigenvalue weighted by molar-refractivity contribution is 5.87. The lowest BCUT2D eigenvalue weighted by molar-refractivity contribution is -0.142. The first-order valence-corrected chi connectivity index (χ1v) is 6.39. The second-order valence-corrected chi connectivity index (χ2v) is 4.57. The Morgan fingerprint density at radius 1 is 1.33 bits per heavy atom. The summed E-state index contributed by atoms with van der Waals surface area (Å²) in [7, 11) is 0. The van der Waals surface area contributed by atoms with Crippen LogP contribution >= 0.6 is 0 Å². The van der Waals surface area contributed by atoms with Crippen LogP contribution in [0.1, 0.15) is 17.3 Å². The highest BCUT2D eigenvalue weighted by Crippen LogP contribution is 2.10. The molecule has 7 heteroatoms. The van der Waals surface area contributed by atoms with Crippen LogP contribution in [0, 0.1) is 0 Å². The van der Waals surface area contributed by atoms with Gasteiger partial charge in [-0.05, 0) is 5.56 Å². The maximum absolute atomic E-state index is 12.1. The van der Waals surface area contributed by atoms with Crippen LogP contribution in [-0.4, -0.2) is 33.0 Å². The van der Waals surface area contributed by atoms with Gasteiger partial charge in [0.1, 0.15) is 12.1 Å². The van der Waals surface area contributed by atoms with Crippen molar-refractivity contribution in [2.24, 2.45) is 5.73 Å². The van der Waals surface area contributed by atoms with Crippen LogP contribution < -0.4 is 11.1 Å². The van der Waals surface area contributed by atoms with Crippen LogP contribution in [-0.2, 0) is 16.0 Å². The Morgan fingerprint density at radius 2 is 2.05 bits per heavy atom. The van der Waals surface area contributed by atoms with Crippen molar-refractivity contribution in [3.05, 3.63) is 54.1 Å². The first-order valence-electron chi connectivity index (χ1n) is 6.39. The van der Waals surface area contributed by atoms with Crippen molar-refractivity contribution in [3.8, 4) is 0 Å². The first-order chi connectivity index (χ1) is 10.1. The predicted octanol–water partition coefficient (Wildman–Crippen LogP) is 0.222. The summed E-state index contributed by atoms with van der Waals surface area (Å²) in [5, 5.41) is 11.6. The number of rotatable bonds is 6. The number of nitrogens with one attached hydrogen (secondary N) is 2. The second kappa shape index (κ2) is 6.67. The number of aliphatic carboxylic acids is 1. The third-order valence-corrected chi connectivity index (χ3v) is 3.03. The quantitative estimate of drug-likeness (QED) is 0.606. The van der Waals surface area contributed by atoms with Gasteiger partial charge in [-0.3, -0.25) is 4.79 Å². The van der Waals surface area contributed by atoms with Crippen molar-refractivity contribution >= 4 is 11.9 Å². The maximum atomic E-state index is 12.1. The van der Waals surface area contributed by atoms with Gasteiger partial charge in [0.2, 0.25) is 5.91 Å². The van der Waals surface area contributed by atoms with Gasteiger partial charge < -0.3 is 21.1 Å². The number of nitrogens with zero attached hydrogens (tertiary/aromatic N) is 1. The molecule has 0 aliphatic carbocycles. The number of carboxylic acid groups (broad SMARTS) is 1. The van der Waals surface area contributed by atoms with Gasteiger partial charge in [-0.2, -0.15) is 0 Å². The molecular weight excluding hydrogens is 272 g/mol. The summed E-state index contributed by atoms with van der Waals surface area (Å²) >= 11 is 0. The SMILES string of the molecule is NC(C(=O)N[C@@H](Cc1cnc[nH]1)C(=O)O)c1ccccc1. The Hall–Kier alpha value is -2.67. The number of nitrogens with two attached hydrogens (primary N) is 1. The van der Waals surface area contributed by atoms with Crippen LogP contribution in [0.4, 0.5) is 0 Å². The lowest BCUT2D eigenvalue weighted by Crippen LogP contribution is -2.46. The van der Waals surface area contributed by atoms with Crippen molar-refractivity contribution in [3.63, 3.8) is 0 Å². The molecule has 0 aliphatic rings. The molecule has 1 aromatic carbocycles. The molecule has 2 rings (SSSR count). The van der Waals surface area contributed by atoms with E-state index in [0.717, 1.165) is 0 Å². The van der Waals surface area contributed by atoms with E-state index in [-0.39, 0.29) is 6.42 Å². The third-order valence-electron chi connectivity index (χ3n) is 3.03. The summed E-state index contributed by atoms with van der Waals surface area (Å²) in [6, 6.07) is 6.81. The van der Waals surface area contributed by atoms with E-state index in [1.807, 2.05) is 6.07 Å². The number of hydrogen-bond acceptors (Lipinski definition) is 4. The van der Waals surface area contributed by atoms with Crippen LogP contribution in [0.25, 0.3) is 0 Å². The molecule has 0 radical (unpaired) electrons. The number of benzene rings is 1. The number of H-pyrrole nitrogens is 1. The molecule has 0 spiro atoms. The monoisotopic (exact) mass is 288 g/mol. The zero-order valence-electron chi connectivity index (χ0n) is 11.2. The fourth-order valence-corrected chi connectivity index (χ4v) is 1.89. The Bertz CT molecular complexity index is 598. The van der Waals surface area contributed by atoms with Crippen molar-refractivity contribution in [2.75, 3.05) is 0 Å². The zero-order chi connectivity index (χ0) is 15.2. The largest absolute Gasteiger partial charge is 0.480 e. The van der Waals surface area contributed by atoms with E-state index in [9.17, 15) is 14.7 Å². The van der Waals surface area contributed by atoms with E-state index in [1.165, 1.54) is 12.5 Å². The molecule has 1 unspecified atom stereocenters. The number of carbonyl (C=O) groups excluding carboxylic acids is 1. The van der Waals surface area contributed by atoms with E-state index in [4.69, 9.17) is 5.73 Å². The van der Waals surface area contributed by atoms with Gasteiger partial charge >= 0.3 is 5.97 Å². The normalized spacial score (nSPS) is 13.4.